The van der Waals surface area contributed by atoms with E-state index < -0.39 is 47.6 Å². The first-order valence-electron chi connectivity index (χ1n) is 13.3. The van der Waals surface area contributed by atoms with Crippen LogP contribution in [0, 0.1) is 5.21 Å². The molecule has 0 aromatic carbocycles. The Kier molecular flexibility index (Phi) is 11.3. The summed E-state index contributed by atoms with van der Waals surface area (Å²) in [5.41, 5.74) is -2.33. The summed E-state index contributed by atoms with van der Waals surface area (Å²) in [5.74, 6) is -1.19. The van der Waals surface area contributed by atoms with Crippen LogP contribution in [0.3, 0.4) is 0 Å². The molecule has 0 saturated carbocycles. The van der Waals surface area contributed by atoms with Crippen LogP contribution in [-0.2, 0) is 25.3 Å². The van der Waals surface area contributed by atoms with Crippen LogP contribution in [0.4, 0.5) is 9.59 Å². The fourth-order valence-corrected chi connectivity index (χ4v) is 7.40. The van der Waals surface area contributed by atoms with E-state index in [1.54, 1.807) is 60.9 Å². The number of aliphatic carboxylic acids is 1. The van der Waals surface area contributed by atoms with E-state index in [0.29, 0.717) is 12.3 Å². The molecule has 220 valence electrons. The molecule has 2 rings (SSSR count). The van der Waals surface area contributed by atoms with E-state index in [1.807, 2.05) is 12.1 Å². The summed E-state index contributed by atoms with van der Waals surface area (Å²) in [7, 11) is -0.798. The number of hydrogen-bond donors (Lipinski definition) is 1. The monoisotopic (exact) mass is 569 g/mol. The highest BCUT2D eigenvalue weighted by molar-refractivity contribution is 7.57. The van der Waals surface area contributed by atoms with Crippen molar-refractivity contribution in [2.75, 3.05) is 32.0 Å². The normalized spacial score (nSPS) is 23.6. The number of carbonyl (C=O) groups is 3. The Balaban J connectivity index is 2.20. The van der Waals surface area contributed by atoms with Crippen molar-refractivity contribution < 1.29 is 38.6 Å². The maximum absolute atomic E-state index is 13.8. The van der Waals surface area contributed by atoms with Crippen molar-refractivity contribution >= 4 is 26.1 Å². The summed E-state index contributed by atoms with van der Waals surface area (Å²) in [5, 5.41) is 24.3. The van der Waals surface area contributed by atoms with Gasteiger partial charge in [0.05, 0.1) is 0 Å². The predicted molar refractivity (Wildman–Crippen MR) is 148 cm³/mol. The number of unbranched alkanes of at least 4 members (excludes halogenated alkanes) is 1. The minimum Gasteiger partial charge on any atom is -0.597 e. The van der Waals surface area contributed by atoms with Gasteiger partial charge in [0.1, 0.15) is 24.4 Å². The lowest BCUT2D eigenvalue weighted by atomic mass is 9.93. The Bertz CT molecular complexity index is 953. The van der Waals surface area contributed by atoms with Crippen LogP contribution in [0.1, 0.15) is 73.3 Å². The fourth-order valence-electron chi connectivity index (χ4n) is 4.47. The highest BCUT2D eigenvalue weighted by atomic mass is 31.1. The summed E-state index contributed by atoms with van der Waals surface area (Å²) >= 11 is 0. The number of pyridine rings is 1. The molecule has 2 heterocycles. The van der Waals surface area contributed by atoms with Crippen LogP contribution in [0.25, 0.3) is 0 Å². The van der Waals surface area contributed by atoms with E-state index in [-0.39, 0.29) is 45.1 Å². The van der Waals surface area contributed by atoms with Gasteiger partial charge in [-0.05, 0) is 79.1 Å². The van der Waals surface area contributed by atoms with Gasteiger partial charge in [-0.1, -0.05) is 14.0 Å². The maximum Gasteiger partial charge on any atom is 0.419 e. The van der Waals surface area contributed by atoms with E-state index in [2.05, 4.69) is 4.98 Å². The molecule has 3 atom stereocenters. The topological polar surface area (TPSA) is 138 Å². The highest BCUT2D eigenvalue weighted by Crippen LogP contribution is 2.52. The third-order valence-corrected chi connectivity index (χ3v) is 8.78. The molecule has 1 aliphatic heterocycles. The van der Waals surface area contributed by atoms with Gasteiger partial charge in [-0.3, -0.25) is 4.98 Å². The first-order chi connectivity index (χ1) is 18.0. The fraction of sp³-hybridized carbons (Fsp3) is 0.704. The zero-order chi connectivity index (χ0) is 29.5. The summed E-state index contributed by atoms with van der Waals surface area (Å²) in [6, 6.07) is 3.80. The number of aromatic nitrogens is 1. The SMILES string of the molecule is CCO[N+]1([O-])CCP(Cc2cccnc2)CC1(CCCCN(C(=O)OC(C)(C)C)C(=O)OC(C)(C)C)C(=O)O. The molecular formula is C27H44N3O8P. The second-order valence-electron chi connectivity index (χ2n) is 11.8. The number of imide groups is 1. The zero-order valence-corrected chi connectivity index (χ0v) is 25.2. The largest absolute Gasteiger partial charge is 0.597 e. The number of quaternary nitrogens is 1. The Morgan fingerprint density at radius 2 is 1.74 bits per heavy atom. The van der Waals surface area contributed by atoms with Crippen molar-refractivity contribution in [3.63, 3.8) is 0 Å². The lowest BCUT2D eigenvalue weighted by Gasteiger charge is -2.55. The van der Waals surface area contributed by atoms with Gasteiger partial charge in [0.25, 0.3) is 0 Å². The number of carbonyl (C=O) groups excluding carboxylic acids is 2. The molecule has 0 aliphatic carbocycles. The lowest BCUT2D eigenvalue weighted by Crippen LogP contribution is -2.69. The molecular weight excluding hydrogens is 525 g/mol. The first kappa shape index (κ1) is 32.9. The number of hydrogen-bond acceptors (Lipinski definition) is 8. The summed E-state index contributed by atoms with van der Waals surface area (Å²) in [6.07, 6.45) is 3.82. The van der Waals surface area contributed by atoms with Crippen LogP contribution in [-0.4, -0.2) is 86.7 Å². The molecule has 1 aromatic heterocycles. The number of hydroxylamine groups is 4. The van der Waals surface area contributed by atoms with E-state index >= 15 is 0 Å². The van der Waals surface area contributed by atoms with E-state index in [4.69, 9.17) is 14.3 Å². The van der Waals surface area contributed by atoms with Gasteiger partial charge in [0, 0.05) is 37.7 Å². The minimum absolute atomic E-state index is 0.0359. The molecule has 1 aromatic rings. The lowest BCUT2D eigenvalue weighted by molar-refractivity contribution is -1.10. The van der Waals surface area contributed by atoms with E-state index in [9.17, 15) is 24.7 Å². The average molecular weight is 570 g/mol. The Morgan fingerprint density at radius 1 is 1.13 bits per heavy atom. The van der Waals surface area contributed by atoms with Crippen molar-refractivity contribution in [3.05, 3.63) is 35.3 Å². The van der Waals surface area contributed by atoms with Crippen LogP contribution in [0.15, 0.2) is 24.5 Å². The van der Waals surface area contributed by atoms with Gasteiger partial charge in [-0.2, -0.15) is 4.81 Å². The number of ether oxygens (including phenoxy) is 2. The molecule has 3 unspecified atom stereocenters. The molecule has 1 fully saturated rings. The Hall–Kier alpha value is -2.33. The summed E-state index contributed by atoms with van der Waals surface area (Å²) in [6.45, 7) is 11.9. The van der Waals surface area contributed by atoms with Crippen molar-refractivity contribution in [2.45, 2.75) is 90.6 Å². The van der Waals surface area contributed by atoms with Crippen molar-refractivity contribution in [1.82, 2.24) is 9.88 Å². The molecule has 11 nitrogen and oxygen atoms in total. The summed E-state index contributed by atoms with van der Waals surface area (Å²) < 4.78 is 10.8. The predicted octanol–water partition coefficient (Wildman–Crippen LogP) is 5.51. The molecule has 1 aliphatic rings. The summed E-state index contributed by atoms with van der Waals surface area (Å²) in [4.78, 5) is 47.7. The van der Waals surface area contributed by atoms with Crippen molar-refractivity contribution in [2.24, 2.45) is 0 Å². The number of carboxylic acids is 1. The smallest absolute Gasteiger partial charge is 0.419 e. The van der Waals surface area contributed by atoms with Crippen LogP contribution >= 0.6 is 7.92 Å². The number of nitrogens with zero attached hydrogens (tertiary/aromatic N) is 3. The molecule has 1 saturated heterocycles. The van der Waals surface area contributed by atoms with E-state index in [1.165, 1.54) is 0 Å². The zero-order valence-electron chi connectivity index (χ0n) is 24.3. The Labute approximate surface area is 232 Å². The number of carboxylic acid groups (broad SMARTS) is 1. The third-order valence-electron chi connectivity index (χ3n) is 6.16. The molecule has 39 heavy (non-hydrogen) atoms. The van der Waals surface area contributed by atoms with Crippen LogP contribution < -0.4 is 0 Å². The molecule has 0 radical (unpaired) electrons. The van der Waals surface area contributed by atoms with Gasteiger partial charge in [-0.15, -0.1) is 0 Å². The standard InChI is InChI=1S/C27H44N3O8P/c1-8-36-30(35)16-17-39(19-21-12-11-14-28-18-21)20-27(30,22(31)32)13-9-10-15-29(23(33)37-25(2,3)4)24(34)38-26(5,6)7/h11-12,14,18H,8-10,13,15-17,19-20H2,1-7H3,(H,31,32). The quantitative estimate of drug-likeness (QED) is 0.167. The maximum atomic E-state index is 13.8. The first-order valence-corrected chi connectivity index (χ1v) is 15.2. The van der Waals surface area contributed by atoms with Crippen molar-refractivity contribution in [3.8, 4) is 0 Å². The molecule has 0 bridgehead atoms. The van der Waals surface area contributed by atoms with Gasteiger partial charge in [0.2, 0.25) is 5.54 Å². The van der Waals surface area contributed by atoms with E-state index in [0.717, 1.165) is 10.5 Å². The molecule has 0 spiro atoms. The van der Waals surface area contributed by atoms with Gasteiger partial charge in [-0.25, -0.2) is 24.1 Å². The van der Waals surface area contributed by atoms with Crippen LogP contribution in [0.5, 0.6) is 0 Å². The third kappa shape index (κ3) is 9.38. The second kappa shape index (κ2) is 13.4. The van der Waals surface area contributed by atoms with Crippen LogP contribution in [0.2, 0.25) is 0 Å². The highest BCUT2D eigenvalue weighted by Gasteiger charge is 2.58. The van der Waals surface area contributed by atoms with Gasteiger partial charge < -0.3 is 19.8 Å². The van der Waals surface area contributed by atoms with Gasteiger partial charge >= 0.3 is 18.2 Å². The van der Waals surface area contributed by atoms with Gasteiger partial charge in [0.15, 0.2) is 0 Å². The minimum atomic E-state index is -1.69. The Morgan fingerprint density at radius 3 is 2.23 bits per heavy atom. The second-order valence-corrected chi connectivity index (χ2v) is 14.2. The number of rotatable bonds is 10. The molecule has 1 N–H and O–H groups in total. The number of amides is 2. The molecule has 12 heteroatoms. The molecule has 2 amide bonds. The average Bonchev–Trinajstić information content (AvgIpc) is 2.79. The van der Waals surface area contributed by atoms with Crippen molar-refractivity contribution in [1.29, 1.82) is 0 Å².